The number of rotatable bonds is 4. The number of hydrogen-bond acceptors (Lipinski definition) is 5. The summed E-state index contributed by atoms with van der Waals surface area (Å²) in [6, 6.07) is 6.43. The number of carbonyl (C=O) groups is 2. The second-order valence-corrected chi connectivity index (χ2v) is 11.8. The van der Waals surface area contributed by atoms with E-state index in [2.05, 4.69) is 0 Å². The second-order valence-electron chi connectivity index (χ2n) is 11.3. The Kier molecular flexibility index (Phi) is 5.89. The van der Waals surface area contributed by atoms with Gasteiger partial charge >= 0.3 is 5.97 Å². The molecule has 0 saturated heterocycles. The van der Waals surface area contributed by atoms with Gasteiger partial charge in [-0.2, -0.15) is 0 Å². The number of anilines is 1. The number of carboxylic acid groups (broad SMARTS) is 1. The number of hydroxylamine groups is 1. The summed E-state index contributed by atoms with van der Waals surface area (Å²) >= 11 is 5.93. The van der Waals surface area contributed by atoms with Crippen molar-refractivity contribution in [1.29, 1.82) is 0 Å². The van der Waals surface area contributed by atoms with Gasteiger partial charge in [0.05, 0.1) is 17.7 Å². The fraction of sp³-hybridized carbons (Fsp3) is 0.556. The second kappa shape index (κ2) is 8.36. The molecule has 36 heavy (non-hydrogen) atoms. The van der Waals surface area contributed by atoms with E-state index in [1.165, 1.54) is 19.1 Å². The number of carboxylic acids is 1. The zero-order valence-electron chi connectivity index (χ0n) is 20.1. The normalized spacial score (nSPS) is 43.3. The predicted molar refractivity (Wildman–Crippen MR) is 129 cm³/mol. The van der Waals surface area contributed by atoms with Gasteiger partial charge in [-0.1, -0.05) is 24.6 Å². The van der Waals surface area contributed by atoms with Gasteiger partial charge in [0.2, 0.25) is 0 Å². The zero-order chi connectivity index (χ0) is 26.2. The molecular formula is C27H30ClF2NO5. The third-order valence-corrected chi connectivity index (χ3v) is 9.85. The first-order valence-electron chi connectivity index (χ1n) is 12.2. The summed E-state index contributed by atoms with van der Waals surface area (Å²) in [5, 5.41) is 33.7. The number of halogens is 3. The van der Waals surface area contributed by atoms with Gasteiger partial charge in [-0.15, -0.1) is 0 Å². The summed E-state index contributed by atoms with van der Waals surface area (Å²) in [6.45, 7) is 3.23. The number of aliphatic carboxylic acids is 1. The van der Waals surface area contributed by atoms with Gasteiger partial charge in [0.15, 0.2) is 11.5 Å². The van der Waals surface area contributed by atoms with E-state index in [1.807, 2.05) is 0 Å². The molecule has 9 atom stereocenters. The maximum atomic E-state index is 17.2. The Bertz CT molecular complexity index is 1160. The molecule has 0 spiro atoms. The topological polar surface area (TPSA) is 98.1 Å². The first kappa shape index (κ1) is 25.4. The summed E-state index contributed by atoms with van der Waals surface area (Å²) < 4.78 is 32.7. The number of carbonyl (C=O) groups excluding carboxylic acids is 1. The molecule has 9 heteroatoms. The van der Waals surface area contributed by atoms with Gasteiger partial charge in [0, 0.05) is 22.9 Å². The fourth-order valence-corrected chi connectivity index (χ4v) is 8.12. The summed E-state index contributed by atoms with van der Waals surface area (Å²) in [4.78, 5) is 24.5. The Morgan fingerprint density at radius 1 is 1.19 bits per heavy atom. The van der Waals surface area contributed by atoms with E-state index in [-0.39, 0.29) is 31.4 Å². The number of nitrogens with zero attached hydrogens (tertiary/aromatic N) is 1. The van der Waals surface area contributed by atoms with Crippen molar-refractivity contribution in [3.05, 3.63) is 53.1 Å². The first-order valence-corrected chi connectivity index (χ1v) is 12.6. The third-order valence-electron chi connectivity index (χ3n) is 9.60. The number of alkyl halides is 2. The molecule has 0 unspecified atom stereocenters. The van der Waals surface area contributed by atoms with Gasteiger partial charge in [0.1, 0.15) is 6.17 Å². The molecule has 1 aromatic carbocycles. The lowest BCUT2D eigenvalue weighted by Gasteiger charge is -2.62. The smallest absolute Gasteiger partial charge is 0.307 e. The van der Waals surface area contributed by atoms with Gasteiger partial charge in [-0.05, 0) is 85.4 Å². The molecule has 194 valence electrons. The van der Waals surface area contributed by atoms with Gasteiger partial charge in [-0.3, -0.25) is 19.9 Å². The molecule has 3 saturated carbocycles. The number of aliphatic hydroxyl groups excluding tert-OH is 1. The Hall–Kier alpha value is -2.29. The SMILES string of the molecule is C[C@]12C[C@H](O)[C@@]3(F)[C@@H](C[C@H](F)C4=CC(=O)C=C[C@@]43C)[C@@H]1C[C@@H](CN(O)c1ccc(Cl)cc1)[C@@H]2C(=O)O. The molecule has 5 rings (SSSR count). The lowest BCUT2D eigenvalue weighted by atomic mass is 9.45. The minimum absolute atomic E-state index is 0.0251. The van der Waals surface area contributed by atoms with E-state index < -0.39 is 64.2 Å². The standard InChI is InChI=1S/C27H30ClF2NO5/c1-25-12-22(33)27(30)19(11-21(29)20-10-17(32)7-8-26(20,27)2)18(25)9-14(23(25)24(34)35)13-31(36)16-5-3-15(28)4-6-16/h3-8,10,14,18-19,21-23,33,36H,9,11-13H2,1-2H3,(H,34,35)/t14-,18-,19-,21-,22-,23+,25-,26-,27-/m0/s1. The average molecular weight is 522 g/mol. The van der Waals surface area contributed by atoms with E-state index in [9.17, 15) is 25.0 Å². The van der Waals surface area contributed by atoms with Crippen molar-refractivity contribution in [1.82, 2.24) is 0 Å². The summed E-state index contributed by atoms with van der Waals surface area (Å²) in [5.41, 5.74) is -4.33. The largest absolute Gasteiger partial charge is 0.481 e. The highest BCUT2D eigenvalue weighted by Crippen LogP contribution is 2.70. The van der Waals surface area contributed by atoms with Crippen molar-refractivity contribution in [2.45, 2.75) is 51.1 Å². The molecular weight excluding hydrogens is 492 g/mol. The molecule has 0 heterocycles. The van der Waals surface area contributed by atoms with Crippen LogP contribution in [0.5, 0.6) is 0 Å². The van der Waals surface area contributed by atoms with Crippen molar-refractivity contribution in [2.24, 2.45) is 34.5 Å². The molecule has 1 aromatic rings. The van der Waals surface area contributed by atoms with Crippen LogP contribution >= 0.6 is 11.6 Å². The van der Waals surface area contributed by atoms with Crippen molar-refractivity contribution < 1.29 is 33.8 Å². The summed E-state index contributed by atoms with van der Waals surface area (Å²) in [7, 11) is 0. The van der Waals surface area contributed by atoms with Crippen LogP contribution in [0.15, 0.2) is 48.1 Å². The van der Waals surface area contributed by atoms with Crippen LogP contribution < -0.4 is 5.06 Å². The highest BCUT2D eigenvalue weighted by Gasteiger charge is 2.73. The summed E-state index contributed by atoms with van der Waals surface area (Å²) in [5.74, 6) is -4.56. The maximum Gasteiger partial charge on any atom is 0.307 e. The Labute approximate surface area is 213 Å². The molecule has 0 aliphatic heterocycles. The van der Waals surface area contributed by atoms with E-state index in [0.29, 0.717) is 10.7 Å². The summed E-state index contributed by atoms with van der Waals surface area (Å²) in [6.07, 6.45) is 0.478. The maximum absolute atomic E-state index is 17.2. The number of ketones is 1. The van der Waals surface area contributed by atoms with Gasteiger partial charge < -0.3 is 10.2 Å². The highest BCUT2D eigenvalue weighted by atomic mass is 35.5. The molecule has 0 amide bonds. The minimum atomic E-state index is -2.27. The molecule has 6 nitrogen and oxygen atoms in total. The van der Waals surface area contributed by atoms with Crippen LogP contribution in [0.4, 0.5) is 14.5 Å². The zero-order valence-corrected chi connectivity index (χ0v) is 20.8. The van der Waals surface area contributed by atoms with E-state index >= 15 is 8.78 Å². The van der Waals surface area contributed by atoms with Crippen molar-refractivity contribution in [3.63, 3.8) is 0 Å². The number of hydrogen-bond donors (Lipinski definition) is 3. The van der Waals surface area contributed by atoms with Gasteiger partial charge in [-0.25, -0.2) is 8.78 Å². The fourth-order valence-electron chi connectivity index (χ4n) is 7.99. The van der Waals surface area contributed by atoms with Crippen LogP contribution in [0, 0.1) is 34.5 Å². The van der Waals surface area contributed by atoms with Crippen LogP contribution in [-0.2, 0) is 9.59 Å². The highest BCUT2D eigenvalue weighted by molar-refractivity contribution is 6.30. The molecule has 0 radical (unpaired) electrons. The first-order chi connectivity index (χ1) is 16.8. The molecule has 0 aromatic heterocycles. The molecule has 3 N–H and O–H groups in total. The molecule has 4 aliphatic carbocycles. The van der Waals surface area contributed by atoms with E-state index in [0.717, 1.165) is 11.1 Å². The van der Waals surface area contributed by atoms with Crippen molar-refractivity contribution in [2.75, 3.05) is 11.6 Å². The average Bonchev–Trinajstić information content (AvgIpc) is 3.09. The predicted octanol–water partition coefficient (Wildman–Crippen LogP) is 4.78. The van der Waals surface area contributed by atoms with Crippen LogP contribution in [0.3, 0.4) is 0 Å². The number of aliphatic hydroxyl groups is 1. The number of fused-ring (bicyclic) bond motifs is 5. The molecule has 4 aliphatic rings. The lowest BCUT2D eigenvalue weighted by molar-refractivity contribution is -0.204. The van der Waals surface area contributed by atoms with Crippen LogP contribution in [-0.4, -0.2) is 51.7 Å². The van der Waals surface area contributed by atoms with Gasteiger partial charge in [0.25, 0.3) is 0 Å². The lowest BCUT2D eigenvalue weighted by Crippen LogP contribution is -2.68. The van der Waals surface area contributed by atoms with Crippen LogP contribution in [0.2, 0.25) is 5.02 Å². The Morgan fingerprint density at radius 3 is 2.50 bits per heavy atom. The third kappa shape index (κ3) is 3.41. The molecule has 0 bridgehead atoms. The Balaban J connectivity index is 1.53. The Morgan fingerprint density at radius 2 is 1.86 bits per heavy atom. The monoisotopic (exact) mass is 521 g/mol. The van der Waals surface area contributed by atoms with Crippen LogP contribution in [0.1, 0.15) is 33.1 Å². The van der Waals surface area contributed by atoms with Crippen molar-refractivity contribution in [3.8, 4) is 0 Å². The molecule has 3 fully saturated rings. The van der Waals surface area contributed by atoms with E-state index in [4.69, 9.17) is 11.6 Å². The van der Waals surface area contributed by atoms with E-state index in [1.54, 1.807) is 31.2 Å². The van der Waals surface area contributed by atoms with Crippen molar-refractivity contribution >= 4 is 29.0 Å². The number of benzene rings is 1. The number of allylic oxidation sites excluding steroid dienone is 4. The van der Waals surface area contributed by atoms with Crippen LogP contribution in [0.25, 0.3) is 0 Å². The minimum Gasteiger partial charge on any atom is -0.481 e. The quantitative estimate of drug-likeness (QED) is 0.493.